The Morgan fingerprint density at radius 2 is 1.61 bits per heavy atom. The molecule has 0 atom stereocenters. The number of ether oxygens (including phenoxy) is 1. The number of rotatable bonds is 5. The van der Waals surface area contributed by atoms with Crippen LogP contribution < -0.4 is 4.74 Å². The molecule has 2 heterocycles. The first kappa shape index (κ1) is 15.9. The molecule has 1 saturated heterocycles. The molecule has 1 aliphatic heterocycles. The first-order valence-electron chi connectivity index (χ1n) is 7.92. The highest BCUT2D eigenvalue weighted by Gasteiger charge is 2.17. The van der Waals surface area contributed by atoms with Crippen molar-refractivity contribution >= 4 is 0 Å². The molecule has 0 spiro atoms. The number of halogens is 1. The van der Waals surface area contributed by atoms with Crippen LogP contribution in [0.1, 0.15) is 11.3 Å². The van der Waals surface area contributed by atoms with Crippen molar-refractivity contribution in [2.75, 3.05) is 33.3 Å². The Hall–Kier alpha value is -1.98. The van der Waals surface area contributed by atoms with E-state index in [0.717, 1.165) is 50.5 Å². The number of piperazine rings is 1. The zero-order valence-corrected chi connectivity index (χ0v) is 13.4. The van der Waals surface area contributed by atoms with E-state index in [1.54, 1.807) is 7.11 Å². The lowest BCUT2D eigenvalue weighted by Crippen LogP contribution is -2.45. The van der Waals surface area contributed by atoms with Crippen LogP contribution in [0.2, 0.25) is 0 Å². The summed E-state index contributed by atoms with van der Waals surface area (Å²) in [6.07, 6.45) is 0. The highest BCUT2D eigenvalue weighted by molar-refractivity contribution is 5.17. The maximum atomic E-state index is 12.9. The molecule has 4 nitrogen and oxygen atoms in total. The third-order valence-electron chi connectivity index (χ3n) is 4.16. The van der Waals surface area contributed by atoms with Gasteiger partial charge in [-0.25, -0.2) is 9.37 Å². The topological polar surface area (TPSA) is 28.6 Å². The average Bonchev–Trinajstić information content (AvgIpc) is 2.59. The van der Waals surface area contributed by atoms with E-state index >= 15 is 0 Å². The quantitative estimate of drug-likeness (QED) is 0.848. The highest BCUT2D eigenvalue weighted by Crippen LogP contribution is 2.13. The smallest absolute Gasteiger partial charge is 0.213 e. The minimum absolute atomic E-state index is 0.177. The van der Waals surface area contributed by atoms with E-state index in [2.05, 4.69) is 14.8 Å². The molecule has 122 valence electrons. The Balaban J connectivity index is 1.49. The SMILES string of the molecule is COc1cccc(CN2CCN(Cc3ccc(F)cc3)CC2)n1. The van der Waals surface area contributed by atoms with E-state index in [1.165, 1.54) is 12.1 Å². The molecule has 0 bridgehead atoms. The van der Waals surface area contributed by atoms with Gasteiger partial charge in [0.25, 0.3) is 0 Å². The van der Waals surface area contributed by atoms with E-state index in [0.29, 0.717) is 5.88 Å². The number of pyridine rings is 1. The van der Waals surface area contributed by atoms with Crippen molar-refractivity contribution < 1.29 is 9.13 Å². The van der Waals surface area contributed by atoms with Crippen LogP contribution >= 0.6 is 0 Å². The van der Waals surface area contributed by atoms with Crippen molar-refractivity contribution in [1.29, 1.82) is 0 Å². The van der Waals surface area contributed by atoms with Gasteiger partial charge in [0.05, 0.1) is 12.8 Å². The maximum absolute atomic E-state index is 12.9. The van der Waals surface area contributed by atoms with Gasteiger partial charge in [-0.2, -0.15) is 0 Å². The normalized spacial score (nSPS) is 16.4. The van der Waals surface area contributed by atoms with E-state index in [-0.39, 0.29) is 5.82 Å². The zero-order valence-electron chi connectivity index (χ0n) is 13.4. The minimum Gasteiger partial charge on any atom is -0.481 e. The second kappa shape index (κ2) is 7.53. The summed E-state index contributed by atoms with van der Waals surface area (Å²) in [5.41, 5.74) is 2.20. The van der Waals surface area contributed by atoms with E-state index in [4.69, 9.17) is 4.74 Å². The van der Waals surface area contributed by atoms with E-state index < -0.39 is 0 Å². The standard InChI is InChI=1S/C18H22FN3O/c1-23-18-4-2-3-17(20-18)14-22-11-9-21(10-12-22)13-15-5-7-16(19)8-6-15/h2-8H,9-14H2,1H3. The number of methoxy groups -OCH3 is 1. The molecule has 0 saturated carbocycles. The molecule has 0 N–H and O–H groups in total. The van der Waals surface area contributed by atoms with Crippen LogP contribution in [0.15, 0.2) is 42.5 Å². The third kappa shape index (κ3) is 4.50. The van der Waals surface area contributed by atoms with Crippen LogP contribution in [0.4, 0.5) is 4.39 Å². The summed E-state index contributed by atoms with van der Waals surface area (Å²) in [6.45, 7) is 5.79. The number of benzene rings is 1. The summed E-state index contributed by atoms with van der Waals surface area (Å²) in [4.78, 5) is 9.28. The van der Waals surface area contributed by atoms with Gasteiger partial charge in [0, 0.05) is 45.3 Å². The first-order valence-corrected chi connectivity index (χ1v) is 7.92. The first-order chi connectivity index (χ1) is 11.2. The number of nitrogens with zero attached hydrogens (tertiary/aromatic N) is 3. The Bertz CT molecular complexity index is 624. The molecule has 5 heteroatoms. The highest BCUT2D eigenvalue weighted by atomic mass is 19.1. The van der Waals surface area contributed by atoms with Crippen molar-refractivity contribution in [2.45, 2.75) is 13.1 Å². The van der Waals surface area contributed by atoms with Crippen LogP contribution in [0, 0.1) is 5.82 Å². The Labute approximate surface area is 136 Å². The summed E-state index contributed by atoms with van der Waals surface area (Å²) in [5.74, 6) is 0.488. The number of hydrogen-bond acceptors (Lipinski definition) is 4. The Kier molecular flexibility index (Phi) is 5.20. The van der Waals surface area contributed by atoms with E-state index in [9.17, 15) is 4.39 Å². The van der Waals surface area contributed by atoms with Crippen LogP contribution in [-0.4, -0.2) is 48.1 Å². The van der Waals surface area contributed by atoms with Gasteiger partial charge in [-0.15, -0.1) is 0 Å². The Morgan fingerprint density at radius 1 is 0.957 bits per heavy atom. The fourth-order valence-corrected chi connectivity index (χ4v) is 2.84. The van der Waals surface area contributed by atoms with Gasteiger partial charge in [-0.3, -0.25) is 9.80 Å². The van der Waals surface area contributed by atoms with E-state index in [1.807, 2.05) is 30.3 Å². The largest absolute Gasteiger partial charge is 0.481 e. The van der Waals surface area contributed by atoms with Gasteiger partial charge in [-0.1, -0.05) is 18.2 Å². The molecule has 0 amide bonds. The molecular formula is C18H22FN3O. The van der Waals surface area contributed by atoms with Gasteiger partial charge in [0.2, 0.25) is 5.88 Å². The molecule has 3 rings (SSSR count). The minimum atomic E-state index is -0.177. The fraction of sp³-hybridized carbons (Fsp3) is 0.389. The predicted molar refractivity (Wildman–Crippen MR) is 87.7 cm³/mol. The molecule has 1 aromatic carbocycles. The van der Waals surface area contributed by atoms with Crippen molar-refractivity contribution in [3.63, 3.8) is 0 Å². The molecule has 1 aromatic heterocycles. The van der Waals surface area contributed by atoms with Crippen molar-refractivity contribution in [3.8, 4) is 5.88 Å². The van der Waals surface area contributed by atoms with Gasteiger partial charge in [0.1, 0.15) is 5.82 Å². The maximum Gasteiger partial charge on any atom is 0.213 e. The molecule has 0 aliphatic carbocycles. The lowest BCUT2D eigenvalue weighted by molar-refractivity contribution is 0.121. The number of hydrogen-bond donors (Lipinski definition) is 0. The van der Waals surface area contributed by atoms with Crippen LogP contribution in [0.3, 0.4) is 0 Å². The third-order valence-corrected chi connectivity index (χ3v) is 4.16. The molecule has 0 unspecified atom stereocenters. The van der Waals surface area contributed by atoms with Crippen LogP contribution in [-0.2, 0) is 13.1 Å². The van der Waals surface area contributed by atoms with Crippen molar-refractivity contribution in [1.82, 2.24) is 14.8 Å². The lowest BCUT2D eigenvalue weighted by atomic mass is 10.2. The van der Waals surface area contributed by atoms with Gasteiger partial charge >= 0.3 is 0 Å². The lowest BCUT2D eigenvalue weighted by Gasteiger charge is -2.34. The second-order valence-corrected chi connectivity index (χ2v) is 5.85. The monoisotopic (exact) mass is 315 g/mol. The summed E-state index contributed by atoms with van der Waals surface area (Å²) in [6, 6.07) is 12.7. The van der Waals surface area contributed by atoms with Crippen molar-refractivity contribution in [2.24, 2.45) is 0 Å². The fourth-order valence-electron chi connectivity index (χ4n) is 2.84. The molecule has 1 fully saturated rings. The van der Waals surface area contributed by atoms with Gasteiger partial charge in [0.15, 0.2) is 0 Å². The summed E-state index contributed by atoms with van der Waals surface area (Å²) in [5, 5.41) is 0. The molecule has 1 aliphatic rings. The van der Waals surface area contributed by atoms with Gasteiger partial charge in [-0.05, 0) is 23.8 Å². The summed E-state index contributed by atoms with van der Waals surface area (Å²) < 4.78 is 18.1. The Morgan fingerprint density at radius 3 is 2.26 bits per heavy atom. The molecule has 0 radical (unpaired) electrons. The van der Waals surface area contributed by atoms with Crippen LogP contribution in [0.5, 0.6) is 5.88 Å². The average molecular weight is 315 g/mol. The zero-order chi connectivity index (χ0) is 16.1. The molecule has 2 aromatic rings. The van der Waals surface area contributed by atoms with Crippen LogP contribution in [0.25, 0.3) is 0 Å². The summed E-state index contributed by atoms with van der Waals surface area (Å²) in [7, 11) is 1.64. The van der Waals surface area contributed by atoms with Gasteiger partial charge < -0.3 is 4.74 Å². The second-order valence-electron chi connectivity index (χ2n) is 5.85. The summed E-state index contributed by atoms with van der Waals surface area (Å²) >= 11 is 0. The van der Waals surface area contributed by atoms with Crippen molar-refractivity contribution in [3.05, 3.63) is 59.5 Å². The number of aromatic nitrogens is 1. The molecule has 23 heavy (non-hydrogen) atoms. The molecular weight excluding hydrogens is 293 g/mol. The predicted octanol–water partition coefficient (Wildman–Crippen LogP) is 2.55.